The van der Waals surface area contributed by atoms with Crippen molar-refractivity contribution in [2.24, 2.45) is 11.1 Å². The van der Waals surface area contributed by atoms with Crippen molar-refractivity contribution in [1.29, 1.82) is 0 Å². The molecule has 6 heteroatoms. The first-order valence-corrected chi connectivity index (χ1v) is 11.1. The van der Waals surface area contributed by atoms with Crippen molar-refractivity contribution in [1.82, 2.24) is 10.2 Å². The van der Waals surface area contributed by atoms with E-state index in [1.807, 2.05) is 6.07 Å². The molecule has 6 rings (SSSR count). The molecule has 1 aromatic heterocycles. The number of aromatic nitrogens is 2. The zero-order valence-electron chi connectivity index (χ0n) is 18.0. The largest absolute Gasteiger partial charge is 0.454 e. The molecule has 1 N–H and O–H groups in total. The molecule has 1 unspecified atom stereocenters. The molecule has 3 aliphatic rings. The second-order valence-electron chi connectivity index (χ2n) is 8.67. The fourth-order valence-corrected chi connectivity index (χ4v) is 5.02. The van der Waals surface area contributed by atoms with Crippen molar-refractivity contribution in [3.8, 4) is 11.5 Å². The third kappa shape index (κ3) is 2.93. The Kier molecular flexibility index (Phi) is 4.52. The van der Waals surface area contributed by atoms with Crippen LogP contribution in [-0.2, 0) is 16.7 Å². The summed E-state index contributed by atoms with van der Waals surface area (Å²) in [4.78, 5) is 5.18. The molecule has 1 fully saturated rings. The van der Waals surface area contributed by atoms with Crippen molar-refractivity contribution in [3.05, 3.63) is 82.7 Å². The van der Waals surface area contributed by atoms with Crippen LogP contribution >= 0.6 is 0 Å². The molecule has 0 saturated heterocycles. The summed E-state index contributed by atoms with van der Waals surface area (Å²) in [6.45, 7) is 0.268. The van der Waals surface area contributed by atoms with Crippen LogP contribution in [0.1, 0.15) is 47.3 Å². The lowest BCUT2D eigenvalue weighted by atomic mass is 9.68. The highest BCUT2D eigenvalue weighted by Gasteiger charge is 2.39. The van der Waals surface area contributed by atoms with E-state index >= 15 is 0 Å². The number of benzene rings is 2. The van der Waals surface area contributed by atoms with Crippen molar-refractivity contribution >= 4 is 11.8 Å². The third-order valence-corrected chi connectivity index (χ3v) is 6.97. The number of oxime groups is 1. The molecule has 6 nitrogen and oxygen atoms in total. The molecule has 1 atom stereocenters. The molecule has 3 aromatic rings. The van der Waals surface area contributed by atoms with Crippen molar-refractivity contribution in [2.45, 2.75) is 31.1 Å². The number of nitrogens with one attached hydrogen (secondary N) is 1. The Balaban J connectivity index is 1.46. The molecule has 162 valence electrons. The van der Waals surface area contributed by atoms with Crippen molar-refractivity contribution < 1.29 is 14.3 Å². The molecule has 2 aliphatic carbocycles. The van der Waals surface area contributed by atoms with Crippen LogP contribution in [0, 0.1) is 5.92 Å². The van der Waals surface area contributed by atoms with Crippen LogP contribution in [-0.4, -0.2) is 29.8 Å². The quantitative estimate of drug-likeness (QED) is 0.467. The second kappa shape index (κ2) is 7.55. The number of aromatic amines is 1. The van der Waals surface area contributed by atoms with Crippen LogP contribution < -0.4 is 9.47 Å². The zero-order valence-corrected chi connectivity index (χ0v) is 18.0. The Morgan fingerprint density at radius 2 is 1.94 bits per heavy atom. The fraction of sp³-hybridized carbons (Fsp3) is 0.308. The highest BCUT2D eigenvalue weighted by molar-refractivity contribution is 6.04. The minimum absolute atomic E-state index is 0.268. The van der Waals surface area contributed by atoms with Crippen molar-refractivity contribution in [3.63, 3.8) is 0 Å². The van der Waals surface area contributed by atoms with E-state index in [9.17, 15) is 0 Å². The first-order chi connectivity index (χ1) is 15.8. The molecule has 1 saturated carbocycles. The summed E-state index contributed by atoms with van der Waals surface area (Å²) in [7, 11) is 1.60. The van der Waals surface area contributed by atoms with Gasteiger partial charge in [-0.3, -0.25) is 5.10 Å². The Bertz CT molecular complexity index is 1210. The zero-order chi connectivity index (χ0) is 21.5. The average Bonchev–Trinajstić information content (AvgIpc) is 3.44. The lowest BCUT2D eigenvalue weighted by Crippen LogP contribution is -2.31. The maximum absolute atomic E-state index is 5.69. The lowest BCUT2D eigenvalue weighted by Gasteiger charge is -2.34. The van der Waals surface area contributed by atoms with Crippen LogP contribution in [0.3, 0.4) is 0 Å². The van der Waals surface area contributed by atoms with Gasteiger partial charge in [0.1, 0.15) is 18.5 Å². The maximum atomic E-state index is 5.69. The summed E-state index contributed by atoms with van der Waals surface area (Å²) in [6.07, 6.45) is 8.76. The topological polar surface area (TPSA) is 68.7 Å². The highest BCUT2D eigenvalue weighted by atomic mass is 16.7. The first-order valence-electron chi connectivity index (χ1n) is 11.1. The molecule has 0 amide bonds. The summed E-state index contributed by atoms with van der Waals surface area (Å²) >= 11 is 0. The Hall–Kier alpha value is -3.54. The number of rotatable bonds is 5. The van der Waals surface area contributed by atoms with Gasteiger partial charge in [-0.15, -0.1) is 0 Å². The SMILES string of the molecule is CO/N=C(/c1n[nH]c2c1C=CC(c1ccccc1)(c1ccc3c(c1)OCO3)C2)C1CCC1. The molecule has 1 aliphatic heterocycles. The van der Waals surface area contributed by atoms with Gasteiger partial charge in [0, 0.05) is 29.0 Å². The molecule has 2 aromatic carbocycles. The van der Waals surface area contributed by atoms with Crippen LogP contribution in [0.5, 0.6) is 11.5 Å². The van der Waals surface area contributed by atoms with Gasteiger partial charge >= 0.3 is 0 Å². The molecule has 2 heterocycles. The first kappa shape index (κ1) is 19.2. The molecular formula is C26H25N3O3. The van der Waals surface area contributed by atoms with Gasteiger partial charge in [-0.05, 0) is 36.1 Å². The molecular weight excluding hydrogens is 402 g/mol. The molecule has 0 spiro atoms. The minimum atomic E-state index is -0.339. The van der Waals surface area contributed by atoms with Gasteiger partial charge in [-0.2, -0.15) is 5.10 Å². The maximum Gasteiger partial charge on any atom is 0.231 e. The van der Waals surface area contributed by atoms with Crippen LogP contribution in [0.4, 0.5) is 0 Å². The van der Waals surface area contributed by atoms with E-state index in [2.05, 4.69) is 64.9 Å². The number of H-pyrrole nitrogens is 1. The van der Waals surface area contributed by atoms with Gasteiger partial charge in [0.05, 0.1) is 0 Å². The minimum Gasteiger partial charge on any atom is -0.454 e. The standard InChI is InChI=1S/C26H25N3O3/c1-30-29-24(17-6-5-7-17)25-20-12-13-26(15-21(20)27-28-25,18-8-3-2-4-9-18)19-10-11-22-23(14-19)32-16-31-22/h2-4,8-14,17H,5-7,15-16H2,1H3,(H,27,28)/b29-24+. The Morgan fingerprint density at radius 1 is 1.09 bits per heavy atom. The van der Waals surface area contributed by atoms with E-state index in [-0.39, 0.29) is 12.2 Å². The van der Waals surface area contributed by atoms with Crippen LogP contribution in [0.25, 0.3) is 6.08 Å². The van der Waals surface area contributed by atoms with Gasteiger partial charge in [0.2, 0.25) is 6.79 Å². The summed E-state index contributed by atoms with van der Waals surface area (Å²) in [6, 6.07) is 16.8. The smallest absolute Gasteiger partial charge is 0.231 e. The summed E-state index contributed by atoms with van der Waals surface area (Å²) < 4.78 is 11.2. The van der Waals surface area contributed by atoms with E-state index in [0.29, 0.717) is 5.92 Å². The van der Waals surface area contributed by atoms with Crippen LogP contribution in [0.2, 0.25) is 0 Å². The summed E-state index contributed by atoms with van der Waals surface area (Å²) in [5, 5.41) is 12.4. The number of nitrogens with zero attached hydrogens (tertiary/aromatic N) is 2. The van der Waals surface area contributed by atoms with E-state index in [4.69, 9.17) is 19.4 Å². The highest BCUT2D eigenvalue weighted by Crippen LogP contribution is 2.45. The Morgan fingerprint density at radius 3 is 2.72 bits per heavy atom. The predicted molar refractivity (Wildman–Crippen MR) is 122 cm³/mol. The predicted octanol–water partition coefficient (Wildman–Crippen LogP) is 4.84. The number of hydrogen-bond acceptors (Lipinski definition) is 5. The average molecular weight is 428 g/mol. The van der Waals surface area contributed by atoms with E-state index in [1.54, 1.807) is 7.11 Å². The van der Waals surface area contributed by atoms with Gasteiger partial charge in [-0.1, -0.05) is 60.1 Å². The van der Waals surface area contributed by atoms with E-state index < -0.39 is 0 Å². The fourth-order valence-electron chi connectivity index (χ4n) is 5.02. The molecule has 0 radical (unpaired) electrons. The second-order valence-corrected chi connectivity index (χ2v) is 8.67. The molecule has 0 bridgehead atoms. The van der Waals surface area contributed by atoms with Gasteiger partial charge in [0.15, 0.2) is 11.5 Å². The number of hydrogen-bond donors (Lipinski definition) is 1. The van der Waals surface area contributed by atoms with Gasteiger partial charge in [-0.25, -0.2) is 0 Å². The Labute approximate surface area is 186 Å². The number of ether oxygens (including phenoxy) is 2. The summed E-state index contributed by atoms with van der Waals surface area (Å²) in [5.41, 5.74) is 6.13. The number of allylic oxidation sites excluding steroid dienone is 1. The lowest BCUT2D eigenvalue weighted by molar-refractivity contribution is 0.174. The van der Waals surface area contributed by atoms with E-state index in [1.165, 1.54) is 12.0 Å². The third-order valence-electron chi connectivity index (χ3n) is 6.97. The summed E-state index contributed by atoms with van der Waals surface area (Å²) in [5.74, 6) is 2.01. The van der Waals surface area contributed by atoms with Crippen LogP contribution in [0.15, 0.2) is 59.8 Å². The monoisotopic (exact) mass is 427 g/mol. The normalized spacial score (nSPS) is 21.8. The van der Waals surface area contributed by atoms with Gasteiger partial charge in [0.25, 0.3) is 0 Å². The van der Waals surface area contributed by atoms with Crippen molar-refractivity contribution in [2.75, 3.05) is 13.9 Å². The molecule has 32 heavy (non-hydrogen) atoms. The van der Waals surface area contributed by atoms with Gasteiger partial charge < -0.3 is 14.3 Å². The number of fused-ring (bicyclic) bond motifs is 2. The van der Waals surface area contributed by atoms with E-state index in [0.717, 1.165) is 59.0 Å².